The average Bonchev–Trinajstić information content (AvgIpc) is 2.61. The highest BCUT2D eigenvalue weighted by molar-refractivity contribution is 6.02. The Labute approximate surface area is 153 Å². The summed E-state index contributed by atoms with van der Waals surface area (Å²) in [6.07, 6.45) is 4.74. The second kappa shape index (κ2) is 8.25. The Balaban J connectivity index is 2.00. The molecule has 0 radical (unpaired) electrons. The van der Waals surface area contributed by atoms with Gasteiger partial charge < -0.3 is 15.5 Å². The summed E-state index contributed by atoms with van der Waals surface area (Å²) in [5, 5.41) is 5.61. The number of rotatable bonds is 4. The third kappa shape index (κ3) is 5.00. The van der Waals surface area contributed by atoms with E-state index in [0.29, 0.717) is 32.4 Å². The fraction of sp³-hybridized carbons (Fsp3) is 0.611. The number of piperidine rings is 1. The molecule has 0 bridgehead atoms. The first-order chi connectivity index (χ1) is 12.2. The van der Waals surface area contributed by atoms with Gasteiger partial charge in [-0.1, -0.05) is 27.7 Å². The van der Waals surface area contributed by atoms with Crippen LogP contribution in [0.25, 0.3) is 0 Å². The van der Waals surface area contributed by atoms with Crippen molar-refractivity contribution in [1.82, 2.24) is 20.2 Å². The molecule has 2 N–H and O–H groups in total. The molecule has 142 valence electrons. The predicted molar refractivity (Wildman–Crippen MR) is 97.5 cm³/mol. The highest BCUT2D eigenvalue weighted by Crippen LogP contribution is 2.18. The van der Waals surface area contributed by atoms with Crippen molar-refractivity contribution in [1.29, 1.82) is 0 Å². The lowest BCUT2D eigenvalue weighted by molar-refractivity contribution is -0.131. The van der Waals surface area contributed by atoms with Gasteiger partial charge in [0.2, 0.25) is 11.8 Å². The van der Waals surface area contributed by atoms with Gasteiger partial charge in [-0.25, -0.2) is 9.97 Å². The van der Waals surface area contributed by atoms with Crippen molar-refractivity contribution in [2.24, 2.45) is 5.41 Å². The minimum absolute atomic E-state index is 0.0309. The number of anilines is 1. The lowest BCUT2D eigenvalue weighted by Gasteiger charge is -2.32. The Morgan fingerprint density at radius 3 is 2.35 bits per heavy atom. The Morgan fingerprint density at radius 1 is 1.15 bits per heavy atom. The summed E-state index contributed by atoms with van der Waals surface area (Å²) in [7, 11) is 0. The number of hydrogen-bond donors (Lipinski definition) is 2. The van der Waals surface area contributed by atoms with Crippen LogP contribution >= 0.6 is 0 Å². The van der Waals surface area contributed by atoms with Gasteiger partial charge in [0.25, 0.3) is 5.91 Å². The molecule has 0 atom stereocenters. The molecule has 0 spiro atoms. The molecule has 2 rings (SSSR count). The highest BCUT2D eigenvalue weighted by Gasteiger charge is 2.27. The van der Waals surface area contributed by atoms with E-state index in [0.717, 1.165) is 0 Å². The van der Waals surface area contributed by atoms with Gasteiger partial charge in [-0.2, -0.15) is 0 Å². The van der Waals surface area contributed by atoms with E-state index in [2.05, 4.69) is 20.6 Å². The summed E-state index contributed by atoms with van der Waals surface area (Å²) in [6, 6.07) is -0.0309. The van der Waals surface area contributed by atoms with Crippen LogP contribution in [0.4, 0.5) is 5.82 Å². The van der Waals surface area contributed by atoms with E-state index in [-0.39, 0.29) is 35.3 Å². The summed E-state index contributed by atoms with van der Waals surface area (Å²) >= 11 is 0. The second-order valence-corrected chi connectivity index (χ2v) is 7.44. The summed E-state index contributed by atoms with van der Waals surface area (Å²) in [4.78, 5) is 46.5. The van der Waals surface area contributed by atoms with Crippen LogP contribution in [-0.4, -0.2) is 51.7 Å². The molecule has 8 nitrogen and oxygen atoms in total. The Bertz CT molecular complexity index is 676. The van der Waals surface area contributed by atoms with Gasteiger partial charge in [0.15, 0.2) is 11.5 Å². The monoisotopic (exact) mass is 361 g/mol. The van der Waals surface area contributed by atoms with Gasteiger partial charge in [-0.15, -0.1) is 0 Å². The third-order valence-electron chi connectivity index (χ3n) is 4.31. The minimum Gasteiger partial charge on any atom is -0.348 e. The van der Waals surface area contributed by atoms with Crippen LogP contribution in [0.15, 0.2) is 12.4 Å². The zero-order chi connectivity index (χ0) is 19.3. The maximum Gasteiger partial charge on any atom is 0.273 e. The van der Waals surface area contributed by atoms with Gasteiger partial charge in [0.1, 0.15) is 0 Å². The second-order valence-electron chi connectivity index (χ2n) is 7.44. The molecule has 3 amide bonds. The number of aromatic nitrogens is 2. The van der Waals surface area contributed by atoms with Crippen molar-refractivity contribution in [2.45, 2.75) is 53.0 Å². The molecular formula is C18H27N5O3. The van der Waals surface area contributed by atoms with E-state index >= 15 is 0 Å². The highest BCUT2D eigenvalue weighted by atomic mass is 16.2. The standard InChI is InChI=1S/C18H27N5O3/c1-5-13(24)23-10-6-12(7-11-23)21-16(25)14-15(20-9-8-19-14)22-17(26)18(2,3)4/h8-9,12H,5-7,10-11H2,1-4H3,(H,21,25)(H,20,22,26). The average molecular weight is 361 g/mol. The third-order valence-corrected chi connectivity index (χ3v) is 4.31. The number of amides is 3. The zero-order valence-electron chi connectivity index (χ0n) is 15.8. The SMILES string of the molecule is CCC(=O)N1CCC(NC(=O)c2nccnc2NC(=O)C(C)(C)C)CC1. The summed E-state index contributed by atoms with van der Waals surface area (Å²) in [6.45, 7) is 8.45. The van der Waals surface area contributed by atoms with E-state index in [1.807, 2.05) is 11.8 Å². The van der Waals surface area contributed by atoms with Gasteiger partial charge in [0.05, 0.1) is 0 Å². The number of carbonyl (C=O) groups is 3. The topological polar surface area (TPSA) is 104 Å². The molecule has 0 aromatic carbocycles. The number of hydrogen-bond acceptors (Lipinski definition) is 5. The van der Waals surface area contributed by atoms with Crippen molar-refractivity contribution in [2.75, 3.05) is 18.4 Å². The first-order valence-electron chi connectivity index (χ1n) is 8.93. The predicted octanol–water partition coefficient (Wildman–Crippen LogP) is 1.59. The van der Waals surface area contributed by atoms with Crippen molar-refractivity contribution in [3.63, 3.8) is 0 Å². The van der Waals surface area contributed by atoms with Crippen molar-refractivity contribution in [3.05, 3.63) is 18.1 Å². The Kier molecular flexibility index (Phi) is 6.28. The Morgan fingerprint density at radius 2 is 1.77 bits per heavy atom. The van der Waals surface area contributed by atoms with E-state index in [9.17, 15) is 14.4 Å². The fourth-order valence-electron chi connectivity index (χ4n) is 2.64. The molecule has 1 saturated heterocycles. The molecule has 1 aliphatic rings. The van der Waals surface area contributed by atoms with Crippen LogP contribution in [0.5, 0.6) is 0 Å². The van der Waals surface area contributed by atoms with Crippen LogP contribution in [0.1, 0.15) is 57.4 Å². The molecule has 1 aliphatic heterocycles. The lowest BCUT2D eigenvalue weighted by Crippen LogP contribution is -2.46. The molecule has 8 heteroatoms. The molecule has 1 aromatic rings. The summed E-state index contributed by atoms with van der Waals surface area (Å²) in [5.74, 6) is -0.319. The molecular weight excluding hydrogens is 334 g/mol. The lowest BCUT2D eigenvalue weighted by atomic mass is 9.96. The van der Waals surface area contributed by atoms with Gasteiger partial charge in [-0.05, 0) is 12.8 Å². The number of carbonyl (C=O) groups excluding carboxylic acids is 3. The molecule has 1 fully saturated rings. The zero-order valence-corrected chi connectivity index (χ0v) is 15.8. The Hall–Kier alpha value is -2.51. The maximum atomic E-state index is 12.6. The normalized spacial score (nSPS) is 15.5. The van der Waals surface area contributed by atoms with Crippen LogP contribution in [0, 0.1) is 5.41 Å². The van der Waals surface area contributed by atoms with Crippen LogP contribution in [0.2, 0.25) is 0 Å². The maximum absolute atomic E-state index is 12.6. The molecule has 26 heavy (non-hydrogen) atoms. The van der Waals surface area contributed by atoms with E-state index in [4.69, 9.17) is 0 Å². The van der Waals surface area contributed by atoms with Crippen molar-refractivity contribution >= 4 is 23.5 Å². The molecule has 0 aliphatic carbocycles. The smallest absolute Gasteiger partial charge is 0.273 e. The summed E-state index contributed by atoms with van der Waals surface area (Å²) < 4.78 is 0. The van der Waals surface area contributed by atoms with E-state index < -0.39 is 5.41 Å². The fourth-order valence-corrected chi connectivity index (χ4v) is 2.64. The van der Waals surface area contributed by atoms with Crippen LogP contribution < -0.4 is 10.6 Å². The van der Waals surface area contributed by atoms with Crippen LogP contribution in [-0.2, 0) is 9.59 Å². The number of nitrogens with one attached hydrogen (secondary N) is 2. The van der Waals surface area contributed by atoms with E-state index in [1.165, 1.54) is 12.4 Å². The van der Waals surface area contributed by atoms with Gasteiger partial charge >= 0.3 is 0 Å². The van der Waals surface area contributed by atoms with Crippen molar-refractivity contribution in [3.8, 4) is 0 Å². The van der Waals surface area contributed by atoms with E-state index in [1.54, 1.807) is 20.8 Å². The largest absolute Gasteiger partial charge is 0.348 e. The van der Waals surface area contributed by atoms with Crippen LogP contribution in [0.3, 0.4) is 0 Å². The first-order valence-corrected chi connectivity index (χ1v) is 8.93. The number of likely N-dealkylation sites (tertiary alicyclic amines) is 1. The minimum atomic E-state index is -0.607. The molecule has 1 aromatic heterocycles. The van der Waals surface area contributed by atoms with Crippen molar-refractivity contribution < 1.29 is 14.4 Å². The van der Waals surface area contributed by atoms with Gasteiger partial charge in [-0.3, -0.25) is 14.4 Å². The quantitative estimate of drug-likeness (QED) is 0.847. The number of nitrogens with zero attached hydrogens (tertiary/aromatic N) is 3. The molecule has 0 saturated carbocycles. The summed E-state index contributed by atoms with van der Waals surface area (Å²) in [5.41, 5.74) is -0.513. The molecule has 0 unspecified atom stereocenters. The van der Waals surface area contributed by atoms with Gasteiger partial charge in [0, 0.05) is 43.4 Å². The first kappa shape index (κ1) is 19.8. The molecule has 2 heterocycles.